The summed E-state index contributed by atoms with van der Waals surface area (Å²) in [7, 11) is -3.57. The van der Waals surface area contributed by atoms with Crippen LogP contribution in [0.2, 0.25) is 0 Å². The molecule has 0 amide bonds. The quantitative estimate of drug-likeness (QED) is 0.712. The molecule has 1 heterocycles. The number of aromatic nitrogens is 2. The first-order valence-electron chi connectivity index (χ1n) is 5.89. The summed E-state index contributed by atoms with van der Waals surface area (Å²) in [4.78, 5) is 6.74. The second kappa shape index (κ2) is 5.41. The Labute approximate surface area is 112 Å². The molecule has 0 atom stereocenters. The van der Waals surface area contributed by atoms with Gasteiger partial charge in [-0.25, -0.2) is 18.1 Å². The Morgan fingerprint density at radius 3 is 2.84 bits per heavy atom. The lowest BCUT2D eigenvalue weighted by Gasteiger charge is -2.05. The Balaban J connectivity index is 2.09. The van der Waals surface area contributed by atoms with Gasteiger partial charge in [0, 0.05) is 18.7 Å². The number of aromatic amines is 1. The van der Waals surface area contributed by atoms with Crippen molar-refractivity contribution in [2.45, 2.75) is 24.9 Å². The molecular formula is C12H16N4O2S. The third kappa shape index (κ3) is 3.33. The first-order chi connectivity index (χ1) is 9.01. The van der Waals surface area contributed by atoms with Crippen molar-refractivity contribution in [2.24, 2.45) is 0 Å². The van der Waals surface area contributed by atoms with Crippen molar-refractivity contribution in [3.8, 4) is 0 Å². The van der Waals surface area contributed by atoms with Gasteiger partial charge in [0.05, 0.1) is 6.20 Å². The monoisotopic (exact) mass is 280 g/mol. The van der Waals surface area contributed by atoms with E-state index in [2.05, 4.69) is 14.7 Å². The topological polar surface area (TPSA) is 101 Å². The van der Waals surface area contributed by atoms with E-state index in [-0.39, 0.29) is 11.6 Å². The predicted molar refractivity (Wildman–Crippen MR) is 72.8 cm³/mol. The average Bonchev–Trinajstić information content (AvgIpc) is 2.86. The maximum absolute atomic E-state index is 12.0. The first-order valence-corrected chi connectivity index (χ1v) is 7.37. The molecule has 0 saturated heterocycles. The van der Waals surface area contributed by atoms with Crippen LogP contribution in [0.5, 0.6) is 0 Å². The maximum atomic E-state index is 12.0. The second-order valence-electron chi connectivity index (χ2n) is 4.12. The van der Waals surface area contributed by atoms with Crippen LogP contribution in [0, 0.1) is 0 Å². The molecule has 0 aliphatic rings. The standard InChI is InChI=1S/C12H16N4O2S/c1-2-11-14-8-12(16-11)19(17,18)15-7-9-4-3-5-10(13)6-9/h3-6,8,15H,2,7,13H2,1H3,(H,14,16). The van der Waals surface area contributed by atoms with Gasteiger partial charge in [-0.2, -0.15) is 0 Å². The average molecular weight is 280 g/mol. The summed E-state index contributed by atoms with van der Waals surface area (Å²) in [6.07, 6.45) is 1.98. The molecule has 1 aromatic heterocycles. The SMILES string of the molecule is CCc1ncc(S(=O)(=O)NCc2cccc(N)c2)[nH]1. The molecule has 0 unspecified atom stereocenters. The molecule has 0 bridgehead atoms. The molecule has 0 aliphatic heterocycles. The van der Waals surface area contributed by atoms with Crippen molar-refractivity contribution in [2.75, 3.05) is 5.73 Å². The largest absolute Gasteiger partial charge is 0.399 e. The van der Waals surface area contributed by atoms with Gasteiger partial charge in [-0.1, -0.05) is 19.1 Å². The van der Waals surface area contributed by atoms with Crippen LogP contribution in [0.4, 0.5) is 5.69 Å². The molecule has 1 aromatic carbocycles. The van der Waals surface area contributed by atoms with Crippen LogP contribution in [-0.2, 0) is 23.0 Å². The van der Waals surface area contributed by atoms with Gasteiger partial charge < -0.3 is 10.7 Å². The number of benzene rings is 1. The molecule has 2 rings (SSSR count). The first kappa shape index (κ1) is 13.6. The fourth-order valence-corrected chi connectivity index (χ4v) is 2.57. The van der Waals surface area contributed by atoms with Gasteiger partial charge >= 0.3 is 0 Å². The summed E-state index contributed by atoms with van der Waals surface area (Å²) in [6.45, 7) is 2.09. The third-order valence-corrected chi connectivity index (χ3v) is 3.96. The van der Waals surface area contributed by atoms with E-state index < -0.39 is 10.0 Å². The van der Waals surface area contributed by atoms with E-state index in [1.807, 2.05) is 13.0 Å². The van der Waals surface area contributed by atoms with E-state index in [1.165, 1.54) is 6.20 Å². The molecule has 0 saturated carbocycles. The molecule has 4 N–H and O–H groups in total. The number of nitrogen functional groups attached to an aromatic ring is 1. The van der Waals surface area contributed by atoms with Gasteiger partial charge in [0.15, 0.2) is 5.03 Å². The number of hydrogen-bond donors (Lipinski definition) is 3. The minimum absolute atomic E-state index is 0.0771. The lowest BCUT2D eigenvalue weighted by molar-refractivity contribution is 0.578. The van der Waals surface area contributed by atoms with Gasteiger partial charge in [-0.3, -0.25) is 0 Å². The molecule has 2 aromatic rings. The number of sulfonamides is 1. The second-order valence-corrected chi connectivity index (χ2v) is 5.85. The number of anilines is 1. The molecule has 6 nitrogen and oxygen atoms in total. The van der Waals surface area contributed by atoms with E-state index in [9.17, 15) is 8.42 Å². The molecule has 7 heteroatoms. The highest BCUT2D eigenvalue weighted by atomic mass is 32.2. The molecule has 0 spiro atoms. The number of imidazole rings is 1. The Bertz CT molecular complexity index is 664. The van der Waals surface area contributed by atoms with E-state index in [1.54, 1.807) is 18.2 Å². The van der Waals surface area contributed by atoms with Crippen LogP contribution in [0.25, 0.3) is 0 Å². The van der Waals surface area contributed by atoms with Crippen molar-refractivity contribution < 1.29 is 8.42 Å². The highest BCUT2D eigenvalue weighted by molar-refractivity contribution is 7.89. The zero-order chi connectivity index (χ0) is 13.9. The van der Waals surface area contributed by atoms with E-state index in [4.69, 9.17) is 5.73 Å². The zero-order valence-electron chi connectivity index (χ0n) is 10.6. The van der Waals surface area contributed by atoms with Crippen LogP contribution < -0.4 is 10.5 Å². The third-order valence-electron chi connectivity index (χ3n) is 2.65. The van der Waals surface area contributed by atoms with Crippen molar-refractivity contribution in [1.29, 1.82) is 0 Å². The van der Waals surface area contributed by atoms with Crippen molar-refractivity contribution in [3.63, 3.8) is 0 Å². The number of nitrogens with two attached hydrogens (primary N) is 1. The number of hydrogen-bond acceptors (Lipinski definition) is 4. The number of rotatable bonds is 5. The summed E-state index contributed by atoms with van der Waals surface area (Å²) in [5.41, 5.74) is 7.04. The van der Waals surface area contributed by atoms with E-state index in [0.29, 0.717) is 17.9 Å². The molecule has 19 heavy (non-hydrogen) atoms. The lowest BCUT2D eigenvalue weighted by atomic mass is 10.2. The zero-order valence-corrected chi connectivity index (χ0v) is 11.4. The number of nitrogens with one attached hydrogen (secondary N) is 2. The highest BCUT2D eigenvalue weighted by Crippen LogP contribution is 2.09. The van der Waals surface area contributed by atoms with Crippen LogP contribution in [0.3, 0.4) is 0 Å². The van der Waals surface area contributed by atoms with Crippen LogP contribution in [0.1, 0.15) is 18.3 Å². The van der Waals surface area contributed by atoms with E-state index >= 15 is 0 Å². The van der Waals surface area contributed by atoms with Gasteiger partial charge in [0.1, 0.15) is 5.82 Å². The minimum Gasteiger partial charge on any atom is -0.399 e. The molecule has 0 radical (unpaired) electrons. The van der Waals surface area contributed by atoms with Gasteiger partial charge in [0.25, 0.3) is 10.0 Å². The summed E-state index contributed by atoms with van der Waals surface area (Å²) in [5, 5.41) is 0.0771. The maximum Gasteiger partial charge on any atom is 0.257 e. The van der Waals surface area contributed by atoms with Crippen LogP contribution >= 0.6 is 0 Å². The Hall–Kier alpha value is -1.86. The molecule has 0 fully saturated rings. The normalized spacial score (nSPS) is 11.6. The fraction of sp³-hybridized carbons (Fsp3) is 0.250. The van der Waals surface area contributed by atoms with Crippen LogP contribution in [-0.4, -0.2) is 18.4 Å². The van der Waals surface area contributed by atoms with Crippen molar-refractivity contribution in [3.05, 3.63) is 41.9 Å². The fourth-order valence-electron chi connectivity index (χ4n) is 1.62. The predicted octanol–water partition coefficient (Wildman–Crippen LogP) is 1.03. The highest BCUT2D eigenvalue weighted by Gasteiger charge is 2.16. The Kier molecular flexibility index (Phi) is 3.87. The van der Waals surface area contributed by atoms with Gasteiger partial charge in [-0.15, -0.1) is 0 Å². The number of H-pyrrole nitrogens is 1. The lowest BCUT2D eigenvalue weighted by Crippen LogP contribution is -2.23. The Morgan fingerprint density at radius 1 is 1.42 bits per heavy atom. The number of nitrogens with zero attached hydrogens (tertiary/aromatic N) is 1. The van der Waals surface area contributed by atoms with Crippen molar-refractivity contribution in [1.82, 2.24) is 14.7 Å². The minimum atomic E-state index is -3.57. The van der Waals surface area contributed by atoms with Crippen LogP contribution in [0.15, 0.2) is 35.5 Å². The Morgan fingerprint density at radius 2 is 2.21 bits per heavy atom. The van der Waals surface area contributed by atoms with Gasteiger partial charge in [-0.05, 0) is 17.7 Å². The molecule has 0 aliphatic carbocycles. The number of aryl methyl sites for hydroxylation is 1. The smallest absolute Gasteiger partial charge is 0.257 e. The summed E-state index contributed by atoms with van der Waals surface area (Å²) >= 11 is 0. The summed E-state index contributed by atoms with van der Waals surface area (Å²) in [5.74, 6) is 0.643. The van der Waals surface area contributed by atoms with Gasteiger partial charge in [0.2, 0.25) is 0 Å². The molecular weight excluding hydrogens is 264 g/mol. The van der Waals surface area contributed by atoms with E-state index in [0.717, 1.165) is 5.56 Å². The summed E-state index contributed by atoms with van der Waals surface area (Å²) < 4.78 is 26.5. The summed E-state index contributed by atoms with van der Waals surface area (Å²) in [6, 6.07) is 7.07. The molecule has 102 valence electrons. The van der Waals surface area contributed by atoms with Crippen molar-refractivity contribution >= 4 is 15.7 Å².